The average Bonchev–Trinajstić information content (AvgIpc) is 2.84. The topological polar surface area (TPSA) is 40.5 Å². The van der Waals surface area contributed by atoms with E-state index in [1.54, 1.807) is 41.5 Å². The summed E-state index contributed by atoms with van der Waals surface area (Å²) in [5.74, 6) is -16.1. The van der Waals surface area contributed by atoms with Gasteiger partial charge in [0.05, 0.1) is 0 Å². The lowest BCUT2D eigenvalue weighted by Gasteiger charge is -2.32. The lowest BCUT2D eigenvalue weighted by Crippen LogP contribution is -2.49. The van der Waals surface area contributed by atoms with Gasteiger partial charge < -0.3 is 10.2 Å². The third-order valence-corrected chi connectivity index (χ3v) is 7.77. The first-order valence-corrected chi connectivity index (χ1v) is 12.1. The van der Waals surface area contributed by atoms with Gasteiger partial charge >= 0.3 is 17.8 Å². The Morgan fingerprint density at radius 3 is 1.16 bits per heavy atom. The number of fused-ring (bicyclic) bond motifs is 6. The van der Waals surface area contributed by atoms with Crippen molar-refractivity contribution >= 4 is 11.1 Å². The van der Waals surface area contributed by atoms with Crippen LogP contribution in [0.3, 0.4) is 0 Å². The van der Waals surface area contributed by atoms with Crippen LogP contribution < -0.4 is 0 Å². The zero-order valence-electron chi connectivity index (χ0n) is 22.1. The Balaban J connectivity index is 2.34. The van der Waals surface area contributed by atoms with Crippen LogP contribution in [0.25, 0.3) is 11.1 Å². The molecule has 0 spiro atoms. The molecule has 0 amide bonds. The Bertz CT molecular complexity index is 1230. The summed E-state index contributed by atoms with van der Waals surface area (Å²) in [5, 5.41) is 22.6. The fourth-order valence-corrected chi connectivity index (χ4v) is 5.25. The molecular formula is C29H32F6O2. The second-order valence-electron chi connectivity index (χ2n) is 12.3. The van der Waals surface area contributed by atoms with Gasteiger partial charge in [-0.05, 0) is 69.2 Å². The van der Waals surface area contributed by atoms with Crippen LogP contribution in [0.1, 0.15) is 98.3 Å². The molecule has 37 heavy (non-hydrogen) atoms. The molecule has 0 fully saturated rings. The summed E-state index contributed by atoms with van der Waals surface area (Å²) in [6.07, 6.45) is -3.25. The first-order valence-electron chi connectivity index (χ1n) is 12.1. The minimum absolute atomic E-state index is 0.0140. The maximum absolute atomic E-state index is 15.6. The lowest BCUT2D eigenvalue weighted by atomic mass is 9.76. The van der Waals surface area contributed by atoms with E-state index in [2.05, 4.69) is 0 Å². The van der Waals surface area contributed by atoms with E-state index in [0.29, 0.717) is 11.1 Å². The molecule has 2 N–H and O–H groups in total. The van der Waals surface area contributed by atoms with Crippen molar-refractivity contribution in [1.82, 2.24) is 0 Å². The van der Waals surface area contributed by atoms with Gasteiger partial charge in [-0.25, -0.2) is 0 Å². The van der Waals surface area contributed by atoms with Crippen molar-refractivity contribution in [3.63, 3.8) is 0 Å². The molecule has 0 saturated heterocycles. The second-order valence-corrected chi connectivity index (χ2v) is 12.3. The van der Waals surface area contributed by atoms with Crippen molar-refractivity contribution in [2.75, 3.05) is 0 Å². The molecule has 2 aromatic carbocycles. The molecule has 2 aliphatic rings. The lowest BCUT2D eigenvalue weighted by molar-refractivity contribution is -0.254. The van der Waals surface area contributed by atoms with Crippen LogP contribution in [0, 0.1) is 13.8 Å². The number of allylic oxidation sites excluding steroid dienone is 2. The first kappa shape index (κ1) is 27.7. The van der Waals surface area contributed by atoms with Gasteiger partial charge in [0.2, 0.25) is 0 Å². The van der Waals surface area contributed by atoms with Crippen LogP contribution in [0.5, 0.6) is 0 Å². The highest BCUT2D eigenvalue weighted by Gasteiger charge is 2.80. The Morgan fingerprint density at radius 1 is 0.595 bits per heavy atom. The van der Waals surface area contributed by atoms with Crippen molar-refractivity contribution in [3.05, 3.63) is 68.8 Å². The highest BCUT2D eigenvalue weighted by atomic mass is 19.3. The Kier molecular flexibility index (Phi) is 5.88. The molecular weight excluding hydrogens is 494 g/mol. The van der Waals surface area contributed by atoms with Crippen molar-refractivity contribution < 1.29 is 36.6 Å². The predicted octanol–water partition coefficient (Wildman–Crippen LogP) is 7.81. The smallest absolute Gasteiger partial charge is 0.380 e. The number of hydrogen-bond acceptors (Lipinski definition) is 2. The van der Waals surface area contributed by atoms with Crippen molar-refractivity contribution in [3.8, 4) is 0 Å². The SMILES string of the molecule is Cc1c2cc(C(C)(C)C)cc1C(O)C(O)c1cc(C(C)(C)C)cc(c1C)C1=C2C(F)(F)C(F)(F)C1(F)F. The van der Waals surface area contributed by atoms with Crippen molar-refractivity contribution in [1.29, 1.82) is 0 Å². The van der Waals surface area contributed by atoms with Crippen LogP contribution in [-0.4, -0.2) is 28.0 Å². The fourth-order valence-electron chi connectivity index (χ4n) is 5.25. The number of alkyl halides is 6. The maximum Gasteiger partial charge on any atom is 0.380 e. The van der Waals surface area contributed by atoms with Gasteiger partial charge in [-0.1, -0.05) is 65.8 Å². The van der Waals surface area contributed by atoms with Gasteiger partial charge in [0.15, 0.2) is 0 Å². The van der Waals surface area contributed by atoms with E-state index in [9.17, 15) is 10.2 Å². The standard InChI is InChI=1S/C29H32F6O2/c1-13-17-9-15(25(3,4)5)11-19(13)23(36)24(37)20-12-16(26(6,7)8)10-18(14(20)2)22-21(17)27(30,31)29(34,35)28(22,32)33/h9-12,23-24,36-37H,1-8H3. The molecule has 2 aromatic rings. The van der Waals surface area contributed by atoms with Crippen LogP contribution >= 0.6 is 0 Å². The van der Waals surface area contributed by atoms with E-state index < -0.39 is 63.1 Å². The van der Waals surface area contributed by atoms with Gasteiger partial charge in [-0.15, -0.1) is 0 Å². The molecule has 4 bridgehead atoms. The molecule has 202 valence electrons. The normalized spacial score (nSPS) is 24.2. The summed E-state index contributed by atoms with van der Waals surface area (Å²) in [6, 6.07) is 5.48. The van der Waals surface area contributed by atoms with Crippen LogP contribution in [0.15, 0.2) is 24.3 Å². The van der Waals surface area contributed by atoms with Crippen LogP contribution in [0.2, 0.25) is 0 Å². The zero-order valence-corrected chi connectivity index (χ0v) is 22.1. The minimum Gasteiger partial charge on any atom is -0.385 e. The number of aliphatic hydroxyl groups is 2. The molecule has 0 aromatic heterocycles. The summed E-state index contributed by atoms with van der Waals surface area (Å²) in [4.78, 5) is 0. The van der Waals surface area contributed by atoms with E-state index in [0.717, 1.165) is 0 Å². The molecule has 0 radical (unpaired) electrons. The molecule has 0 heterocycles. The Labute approximate surface area is 213 Å². The van der Waals surface area contributed by atoms with Crippen molar-refractivity contribution in [2.24, 2.45) is 0 Å². The molecule has 2 nitrogen and oxygen atoms in total. The third-order valence-electron chi connectivity index (χ3n) is 7.77. The average molecular weight is 527 g/mol. The number of halogens is 6. The molecule has 8 heteroatoms. The van der Waals surface area contributed by atoms with E-state index in [1.165, 1.54) is 38.1 Å². The fraction of sp³-hybridized carbons (Fsp3) is 0.517. The number of aliphatic hydroxyl groups excluding tert-OH is 2. The molecule has 0 aliphatic heterocycles. The summed E-state index contributed by atoms with van der Waals surface area (Å²) < 4.78 is 92.5. The van der Waals surface area contributed by atoms with Gasteiger partial charge in [-0.2, -0.15) is 26.3 Å². The van der Waals surface area contributed by atoms with E-state index in [4.69, 9.17) is 0 Å². The number of benzene rings is 2. The summed E-state index contributed by atoms with van der Waals surface area (Å²) in [5.41, 5.74) is -4.68. The first-order chi connectivity index (χ1) is 16.6. The number of rotatable bonds is 0. The van der Waals surface area contributed by atoms with E-state index >= 15 is 26.3 Å². The minimum atomic E-state index is -5.70. The zero-order chi connectivity index (χ0) is 28.3. The van der Waals surface area contributed by atoms with Gasteiger partial charge in [0.25, 0.3) is 0 Å². The summed E-state index contributed by atoms with van der Waals surface area (Å²) in [6.45, 7) is 13.1. The summed E-state index contributed by atoms with van der Waals surface area (Å²) in [7, 11) is 0. The maximum atomic E-state index is 15.6. The van der Waals surface area contributed by atoms with Gasteiger partial charge in [0, 0.05) is 11.1 Å². The predicted molar refractivity (Wildman–Crippen MR) is 131 cm³/mol. The molecule has 0 saturated carbocycles. The summed E-state index contributed by atoms with van der Waals surface area (Å²) >= 11 is 0. The Morgan fingerprint density at radius 2 is 0.892 bits per heavy atom. The van der Waals surface area contributed by atoms with Crippen LogP contribution in [-0.2, 0) is 10.8 Å². The molecule has 2 atom stereocenters. The molecule has 2 aliphatic carbocycles. The van der Waals surface area contributed by atoms with Gasteiger partial charge in [0.1, 0.15) is 12.2 Å². The highest BCUT2D eigenvalue weighted by molar-refractivity contribution is 6.02. The van der Waals surface area contributed by atoms with E-state index in [-0.39, 0.29) is 22.3 Å². The highest BCUT2D eigenvalue weighted by Crippen LogP contribution is 2.66. The third kappa shape index (κ3) is 3.69. The molecule has 2 unspecified atom stereocenters. The quantitative estimate of drug-likeness (QED) is 0.344. The molecule has 4 rings (SSSR count). The van der Waals surface area contributed by atoms with E-state index in [1.807, 2.05) is 0 Å². The van der Waals surface area contributed by atoms with Gasteiger partial charge in [-0.3, -0.25) is 0 Å². The second kappa shape index (κ2) is 7.85. The Hall–Kier alpha value is -2.32. The monoisotopic (exact) mass is 526 g/mol. The van der Waals surface area contributed by atoms with Crippen molar-refractivity contribution in [2.45, 2.75) is 96.2 Å². The largest absolute Gasteiger partial charge is 0.385 e. The number of hydrogen-bond donors (Lipinski definition) is 2. The van der Waals surface area contributed by atoms with Crippen LogP contribution in [0.4, 0.5) is 26.3 Å².